The Labute approximate surface area is 150 Å². The molecule has 1 unspecified atom stereocenters. The minimum Gasteiger partial charge on any atom is -0.356 e. The molecule has 2 saturated heterocycles. The van der Waals surface area contributed by atoms with E-state index < -0.39 is 0 Å². The van der Waals surface area contributed by atoms with Crippen molar-refractivity contribution in [3.63, 3.8) is 0 Å². The molecule has 2 aliphatic rings. The van der Waals surface area contributed by atoms with Gasteiger partial charge in [0.15, 0.2) is 5.82 Å². The van der Waals surface area contributed by atoms with E-state index in [2.05, 4.69) is 34.7 Å². The highest BCUT2D eigenvalue weighted by Crippen LogP contribution is 2.22. The van der Waals surface area contributed by atoms with Crippen LogP contribution < -0.4 is 4.90 Å². The van der Waals surface area contributed by atoms with Gasteiger partial charge in [0.25, 0.3) is 5.78 Å². The van der Waals surface area contributed by atoms with Crippen LogP contribution in [0.1, 0.15) is 63.4 Å². The first kappa shape index (κ1) is 16.8. The lowest BCUT2D eigenvalue weighted by molar-refractivity contribution is 0.149. The van der Waals surface area contributed by atoms with Crippen LogP contribution in [0.25, 0.3) is 5.78 Å². The maximum Gasteiger partial charge on any atom is 0.254 e. The molecule has 6 nitrogen and oxygen atoms in total. The van der Waals surface area contributed by atoms with Crippen LogP contribution in [0.3, 0.4) is 0 Å². The summed E-state index contributed by atoms with van der Waals surface area (Å²) in [7, 11) is 0. The van der Waals surface area contributed by atoms with Crippen LogP contribution in [-0.4, -0.2) is 50.2 Å². The molecule has 0 aliphatic carbocycles. The molecule has 2 aromatic rings. The predicted molar refractivity (Wildman–Crippen MR) is 99.9 cm³/mol. The molecule has 0 N–H and O–H groups in total. The molecular weight excluding hydrogens is 312 g/mol. The summed E-state index contributed by atoms with van der Waals surface area (Å²) in [5.41, 5.74) is 1.03. The monoisotopic (exact) mass is 342 g/mol. The number of anilines is 1. The molecule has 4 rings (SSSR count). The first-order valence-electron chi connectivity index (χ1n) is 9.93. The fourth-order valence-corrected chi connectivity index (χ4v) is 4.18. The van der Waals surface area contributed by atoms with Crippen LogP contribution in [0.15, 0.2) is 6.07 Å². The maximum absolute atomic E-state index is 4.85. The highest BCUT2D eigenvalue weighted by atomic mass is 15.4. The third kappa shape index (κ3) is 3.64. The van der Waals surface area contributed by atoms with E-state index in [1.807, 2.05) is 4.52 Å². The molecule has 0 amide bonds. The van der Waals surface area contributed by atoms with E-state index in [4.69, 9.17) is 10.1 Å². The third-order valence-electron chi connectivity index (χ3n) is 5.68. The van der Waals surface area contributed by atoms with Crippen LogP contribution in [0.5, 0.6) is 0 Å². The lowest BCUT2D eigenvalue weighted by Crippen LogP contribution is -2.37. The van der Waals surface area contributed by atoms with Crippen molar-refractivity contribution in [2.75, 3.05) is 24.5 Å². The van der Waals surface area contributed by atoms with Crippen LogP contribution in [-0.2, 0) is 6.54 Å². The average molecular weight is 342 g/mol. The molecule has 2 aromatic heterocycles. The fourth-order valence-electron chi connectivity index (χ4n) is 4.18. The number of hydrogen-bond donors (Lipinski definition) is 0. The van der Waals surface area contributed by atoms with E-state index in [1.165, 1.54) is 44.9 Å². The summed E-state index contributed by atoms with van der Waals surface area (Å²) in [5.74, 6) is 2.82. The van der Waals surface area contributed by atoms with Gasteiger partial charge in [0.1, 0.15) is 5.82 Å². The van der Waals surface area contributed by atoms with E-state index >= 15 is 0 Å². The van der Waals surface area contributed by atoms with Gasteiger partial charge in [-0.2, -0.15) is 9.50 Å². The van der Waals surface area contributed by atoms with Crippen LogP contribution in [0, 0.1) is 6.92 Å². The lowest BCUT2D eigenvalue weighted by atomic mass is 10.0. The minimum absolute atomic E-state index is 0.625. The molecule has 25 heavy (non-hydrogen) atoms. The zero-order chi connectivity index (χ0) is 17.2. The second kappa shape index (κ2) is 7.28. The largest absolute Gasteiger partial charge is 0.356 e. The Morgan fingerprint density at radius 3 is 2.52 bits per heavy atom. The van der Waals surface area contributed by atoms with Gasteiger partial charge in [-0.05, 0) is 46.1 Å². The molecule has 0 spiro atoms. The van der Waals surface area contributed by atoms with E-state index in [-0.39, 0.29) is 0 Å². The zero-order valence-electron chi connectivity index (χ0n) is 15.6. The molecule has 2 fully saturated rings. The van der Waals surface area contributed by atoms with Crippen molar-refractivity contribution >= 4 is 11.6 Å². The van der Waals surface area contributed by atoms with E-state index in [0.717, 1.165) is 49.3 Å². The van der Waals surface area contributed by atoms with Crippen molar-refractivity contribution < 1.29 is 0 Å². The van der Waals surface area contributed by atoms with Crippen molar-refractivity contribution in [1.82, 2.24) is 24.5 Å². The Bertz CT molecular complexity index is 716. The van der Waals surface area contributed by atoms with Crippen molar-refractivity contribution in [2.24, 2.45) is 0 Å². The highest BCUT2D eigenvalue weighted by Gasteiger charge is 2.21. The molecule has 1 atom stereocenters. The first-order valence-corrected chi connectivity index (χ1v) is 9.93. The van der Waals surface area contributed by atoms with Crippen molar-refractivity contribution in [1.29, 1.82) is 0 Å². The molecule has 4 heterocycles. The van der Waals surface area contributed by atoms with Crippen molar-refractivity contribution in [2.45, 2.75) is 71.4 Å². The molecular formula is C19H30N6. The van der Waals surface area contributed by atoms with Crippen LogP contribution in [0.4, 0.5) is 5.82 Å². The normalized spacial score (nSPS) is 23.1. The Kier molecular flexibility index (Phi) is 4.88. The summed E-state index contributed by atoms with van der Waals surface area (Å²) >= 11 is 0. The van der Waals surface area contributed by atoms with Crippen molar-refractivity contribution in [3.05, 3.63) is 17.6 Å². The number of nitrogens with zero attached hydrogens (tertiary/aromatic N) is 6. The summed E-state index contributed by atoms with van der Waals surface area (Å²) in [4.78, 5) is 14.4. The van der Waals surface area contributed by atoms with Gasteiger partial charge in [0.05, 0.1) is 6.54 Å². The standard InChI is InChI=1S/C19H30N6/c1-15-13-18(23-10-6-3-4-7-11-23)25-19(20-15)21-17(22-25)14-24-12-8-5-9-16(24)2/h13,16H,3-12,14H2,1-2H3. The van der Waals surface area contributed by atoms with Gasteiger partial charge >= 0.3 is 0 Å². The fraction of sp³-hybridized carbons (Fsp3) is 0.737. The topological polar surface area (TPSA) is 49.6 Å². The molecule has 6 heteroatoms. The SMILES string of the molecule is Cc1cc(N2CCCCCC2)n2nc(CN3CCCCC3C)nc2n1. The van der Waals surface area contributed by atoms with E-state index in [9.17, 15) is 0 Å². The minimum atomic E-state index is 0.625. The average Bonchev–Trinajstić information content (AvgIpc) is 2.81. The van der Waals surface area contributed by atoms with Gasteiger partial charge in [-0.3, -0.25) is 4.90 Å². The Balaban J connectivity index is 1.63. The van der Waals surface area contributed by atoms with Gasteiger partial charge in [0, 0.05) is 30.9 Å². The molecule has 0 aromatic carbocycles. The maximum atomic E-state index is 4.85. The number of piperidine rings is 1. The van der Waals surface area contributed by atoms with Crippen molar-refractivity contribution in [3.8, 4) is 0 Å². The van der Waals surface area contributed by atoms with E-state index in [0.29, 0.717) is 6.04 Å². The Morgan fingerprint density at radius 2 is 1.76 bits per heavy atom. The molecule has 0 radical (unpaired) electrons. The number of hydrogen-bond acceptors (Lipinski definition) is 5. The highest BCUT2D eigenvalue weighted by molar-refractivity contribution is 5.47. The summed E-state index contributed by atoms with van der Waals surface area (Å²) in [6.07, 6.45) is 9.09. The zero-order valence-corrected chi connectivity index (χ0v) is 15.6. The number of likely N-dealkylation sites (tertiary alicyclic amines) is 1. The number of fused-ring (bicyclic) bond motifs is 1. The molecule has 136 valence electrons. The lowest BCUT2D eigenvalue weighted by Gasteiger charge is -2.32. The van der Waals surface area contributed by atoms with Gasteiger partial charge < -0.3 is 4.90 Å². The number of aromatic nitrogens is 4. The summed E-state index contributed by atoms with van der Waals surface area (Å²) < 4.78 is 1.97. The number of aryl methyl sites for hydroxylation is 1. The van der Waals surface area contributed by atoms with Gasteiger partial charge in [-0.1, -0.05) is 19.3 Å². The van der Waals surface area contributed by atoms with Gasteiger partial charge in [0.2, 0.25) is 0 Å². The van der Waals surface area contributed by atoms with E-state index in [1.54, 1.807) is 0 Å². The third-order valence-corrected chi connectivity index (χ3v) is 5.68. The molecule has 0 bridgehead atoms. The summed E-state index contributed by atoms with van der Waals surface area (Å²) in [6, 6.07) is 2.79. The van der Waals surface area contributed by atoms with Crippen LogP contribution >= 0.6 is 0 Å². The Hall–Kier alpha value is -1.69. The predicted octanol–water partition coefficient (Wildman–Crippen LogP) is 3.19. The number of rotatable bonds is 3. The van der Waals surface area contributed by atoms with Gasteiger partial charge in [-0.25, -0.2) is 4.98 Å². The first-order chi connectivity index (χ1) is 12.2. The summed E-state index contributed by atoms with van der Waals surface area (Å²) in [5, 5.41) is 4.85. The Morgan fingerprint density at radius 1 is 1.00 bits per heavy atom. The smallest absolute Gasteiger partial charge is 0.254 e. The quantitative estimate of drug-likeness (QED) is 0.857. The molecule has 0 saturated carbocycles. The summed E-state index contributed by atoms with van der Waals surface area (Å²) in [6.45, 7) is 8.58. The second-order valence-electron chi connectivity index (χ2n) is 7.71. The molecule has 2 aliphatic heterocycles. The van der Waals surface area contributed by atoms with Gasteiger partial charge in [-0.15, -0.1) is 5.10 Å². The second-order valence-corrected chi connectivity index (χ2v) is 7.71. The van der Waals surface area contributed by atoms with Crippen LogP contribution in [0.2, 0.25) is 0 Å².